The lowest BCUT2D eigenvalue weighted by Gasteiger charge is -2.33. The number of aromatic nitrogens is 2. The van der Waals surface area contributed by atoms with Crippen LogP contribution >= 0.6 is 0 Å². The normalized spacial score (nSPS) is 18.9. The fourth-order valence-corrected chi connectivity index (χ4v) is 3.10. The lowest BCUT2D eigenvalue weighted by molar-refractivity contribution is -0.173. The quantitative estimate of drug-likeness (QED) is 0.732. The van der Waals surface area contributed by atoms with E-state index < -0.39 is 24.2 Å². The van der Waals surface area contributed by atoms with Gasteiger partial charge in [-0.1, -0.05) is 12.1 Å². The third-order valence-electron chi connectivity index (χ3n) is 4.53. The first-order valence-electron chi connectivity index (χ1n) is 8.67. The van der Waals surface area contributed by atoms with Gasteiger partial charge in [-0.25, -0.2) is 4.68 Å². The summed E-state index contributed by atoms with van der Waals surface area (Å²) in [4.78, 5) is 12.2. The average Bonchev–Trinajstić information content (AvgIpc) is 3.10. The summed E-state index contributed by atoms with van der Waals surface area (Å²) in [5.74, 6) is 0.209. The average molecular weight is 398 g/mol. The minimum absolute atomic E-state index is 0.0803. The highest BCUT2D eigenvalue weighted by Crippen LogP contribution is 2.43. The second kappa shape index (κ2) is 8.09. The van der Waals surface area contributed by atoms with Crippen molar-refractivity contribution in [3.8, 4) is 5.75 Å². The van der Waals surface area contributed by atoms with Crippen LogP contribution in [-0.4, -0.2) is 49.2 Å². The van der Waals surface area contributed by atoms with Crippen molar-refractivity contribution < 1.29 is 27.4 Å². The van der Waals surface area contributed by atoms with E-state index in [9.17, 15) is 18.0 Å². The Bertz CT molecular complexity index is 820. The maximum absolute atomic E-state index is 13.7. The van der Waals surface area contributed by atoms with E-state index in [-0.39, 0.29) is 24.5 Å². The molecule has 0 radical (unpaired) electrons. The molecule has 0 saturated carbocycles. The molecule has 0 aliphatic carbocycles. The first-order chi connectivity index (χ1) is 13.3. The van der Waals surface area contributed by atoms with Crippen LogP contribution in [-0.2, 0) is 4.74 Å². The number of anilines is 1. The molecule has 2 heterocycles. The van der Waals surface area contributed by atoms with Gasteiger partial charge in [-0.15, -0.1) is 0 Å². The van der Waals surface area contributed by atoms with E-state index in [1.807, 2.05) is 0 Å². The Morgan fingerprint density at radius 3 is 2.64 bits per heavy atom. The molecule has 1 aromatic carbocycles. The van der Waals surface area contributed by atoms with Gasteiger partial charge < -0.3 is 20.1 Å². The van der Waals surface area contributed by atoms with E-state index in [0.29, 0.717) is 17.9 Å². The zero-order valence-electron chi connectivity index (χ0n) is 15.4. The summed E-state index contributed by atoms with van der Waals surface area (Å²) in [6.07, 6.45) is -4.74. The molecular weight excluding hydrogens is 377 g/mol. The van der Waals surface area contributed by atoms with Crippen molar-refractivity contribution in [2.45, 2.75) is 24.7 Å². The van der Waals surface area contributed by atoms with E-state index in [2.05, 4.69) is 15.7 Å². The number of amides is 1. The molecule has 0 fully saturated rings. The number of methoxy groups -OCH3 is 2. The highest BCUT2D eigenvalue weighted by Gasteiger charge is 2.46. The summed E-state index contributed by atoms with van der Waals surface area (Å²) >= 11 is 0. The molecular formula is C18H21F3N4O3. The van der Waals surface area contributed by atoms with Crippen molar-refractivity contribution >= 4 is 11.7 Å². The number of carbonyl (C=O) groups excluding carboxylic acids is 1. The van der Waals surface area contributed by atoms with Crippen molar-refractivity contribution in [2.75, 3.05) is 32.7 Å². The van der Waals surface area contributed by atoms with Crippen LogP contribution in [0.25, 0.3) is 0 Å². The van der Waals surface area contributed by atoms with Crippen LogP contribution in [0.3, 0.4) is 0 Å². The number of hydrogen-bond donors (Lipinski definition) is 2. The molecule has 3 rings (SSSR count). The molecule has 2 N–H and O–H groups in total. The molecule has 0 bridgehead atoms. The van der Waals surface area contributed by atoms with Gasteiger partial charge in [0.2, 0.25) is 0 Å². The number of alkyl halides is 3. The van der Waals surface area contributed by atoms with Gasteiger partial charge in [0.15, 0.2) is 11.7 Å². The molecule has 2 atom stereocenters. The van der Waals surface area contributed by atoms with Crippen molar-refractivity contribution in [2.24, 2.45) is 0 Å². The first-order valence-corrected chi connectivity index (χ1v) is 8.67. The second-order valence-corrected chi connectivity index (χ2v) is 6.37. The Balaban J connectivity index is 1.87. The number of halogens is 3. The lowest BCUT2D eigenvalue weighted by atomic mass is 9.97. The van der Waals surface area contributed by atoms with Crippen LogP contribution in [0.15, 0.2) is 30.3 Å². The molecule has 28 heavy (non-hydrogen) atoms. The number of nitrogens with one attached hydrogen (secondary N) is 2. The van der Waals surface area contributed by atoms with E-state index in [1.165, 1.54) is 20.3 Å². The number of benzene rings is 1. The molecule has 7 nitrogen and oxygen atoms in total. The van der Waals surface area contributed by atoms with Crippen LogP contribution < -0.4 is 15.4 Å². The third-order valence-corrected chi connectivity index (χ3v) is 4.53. The van der Waals surface area contributed by atoms with Crippen LogP contribution in [0.5, 0.6) is 5.75 Å². The molecule has 0 unspecified atom stereocenters. The summed E-state index contributed by atoms with van der Waals surface area (Å²) in [6.45, 7) is 0.532. The van der Waals surface area contributed by atoms with Gasteiger partial charge in [-0.2, -0.15) is 18.3 Å². The highest BCUT2D eigenvalue weighted by molar-refractivity contribution is 5.93. The molecule has 1 aromatic heterocycles. The summed E-state index contributed by atoms with van der Waals surface area (Å²) in [5.41, 5.74) is 0.608. The zero-order chi connectivity index (χ0) is 20.3. The molecule has 0 spiro atoms. The van der Waals surface area contributed by atoms with Crippen LogP contribution in [0.4, 0.5) is 19.0 Å². The predicted molar refractivity (Wildman–Crippen MR) is 95.5 cm³/mol. The van der Waals surface area contributed by atoms with E-state index in [0.717, 1.165) is 4.68 Å². The highest BCUT2D eigenvalue weighted by atomic mass is 19.4. The molecule has 1 amide bonds. The fourth-order valence-electron chi connectivity index (χ4n) is 3.10. The summed E-state index contributed by atoms with van der Waals surface area (Å²) in [6, 6.07) is 5.74. The van der Waals surface area contributed by atoms with E-state index in [1.54, 1.807) is 24.3 Å². The van der Waals surface area contributed by atoms with Gasteiger partial charge in [0.25, 0.3) is 5.91 Å². The maximum Gasteiger partial charge on any atom is 0.410 e. The van der Waals surface area contributed by atoms with Crippen molar-refractivity contribution in [1.82, 2.24) is 15.1 Å². The summed E-state index contributed by atoms with van der Waals surface area (Å²) < 4.78 is 51.8. The lowest BCUT2D eigenvalue weighted by Crippen LogP contribution is -2.35. The van der Waals surface area contributed by atoms with Gasteiger partial charge in [-0.05, 0) is 17.7 Å². The number of nitrogens with zero attached hydrogens (tertiary/aromatic N) is 2. The Morgan fingerprint density at radius 2 is 2.04 bits per heavy atom. The van der Waals surface area contributed by atoms with Gasteiger partial charge in [0.1, 0.15) is 11.6 Å². The number of hydrogen-bond acceptors (Lipinski definition) is 5. The molecule has 10 heteroatoms. The maximum atomic E-state index is 13.7. The fraction of sp³-hybridized carbons (Fsp3) is 0.444. The summed E-state index contributed by atoms with van der Waals surface area (Å²) in [7, 11) is 3.00. The smallest absolute Gasteiger partial charge is 0.410 e. The Kier molecular flexibility index (Phi) is 5.78. The molecule has 1 aliphatic heterocycles. The van der Waals surface area contributed by atoms with Crippen molar-refractivity contribution in [1.29, 1.82) is 0 Å². The van der Waals surface area contributed by atoms with E-state index in [4.69, 9.17) is 9.47 Å². The Hall–Kier alpha value is -2.75. The molecule has 1 aliphatic rings. The van der Waals surface area contributed by atoms with Crippen molar-refractivity contribution in [3.63, 3.8) is 0 Å². The summed E-state index contributed by atoms with van der Waals surface area (Å²) in [5, 5.41) is 9.50. The van der Waals surface area contributed by atoms with Crippen molar-refractivity contribution in [3.05, 3.63) is 41.6 Å². The molecule has 0 saturated heterocycles. The van der Waals surface area contributed by atoms with Crippen LogP contribution in [0.2, 0.25) is 0 Å². The Morgan fingerprint density at radius 1 is 1.32 bits per heavy atom. The first kappa shape index (κ1) is 20.0. The number of ether oxygens (including phenoxy) is 2. The standard InChI is InChI=1S/C18H21F3N4O3/c1-27-8-7-22-17(26)14-10-16-23-13(11-3-5-12(28-2)6-4-11)9-15(18(19,20)21)25(16)24-14/h3-6,10,13,15,23H,7-9H2,1-2H3,(H,22,26)/t13-,15+/m0/s1. The Labute approximate surface area is 159 Å². The largest absolute Gasteiger partial charge is 0.497 e. The zero-order valence-corrected chi connectivity index (χ0v) is 15.4. The minimum Gasteiger partial charge on any atom is -0.497 e. The topological polar surface area (TPSA) is 77.4 Å². The second-order valence-electron chi connectivity index (χ2n) is 6.37. The number of rotatable bonds is 6. The van der Waals surface area contributed by atoms with Crippen LogP contribution in [0.1, 0.15) is 34.6 Å². The minimum atomic E-state index is -4.50. The van der Waals surface area contributed by atoms with Gasteiger partial charge in [-0.3, -0.25) is 4.79 Å². The SMILES string of the molecule is COCCNC(=O)c1cc2n(n1)[C@@H](C(F)(F)F)C[C@@H](c1ccc(OC)cc1)N2. The van der Waals surface area contributed by atoms with Gasteiger partial charge in [0, 0.05) is 26.1 Å². The van der Waals surface area contributed by atoms with Gasteiger partial charge in [0.05, 0.1) is 19.8 Å². The van der Waals surface area contributed by atoms with Gasteiger partial charge >= 0.3 is 6.18 Å². The molecule has 152 valence electrons. The van der Waals surface area contributed by atoms with E-state index >= 15 is 0 Å². The molecule has 2 aromatic rings. The third kappa shape index (κ3) is 4.22. The van der Waals surface area contributed by atoms with Crippen LogP contribution in [0, 0.1) is 0 Å². The predicted octanol–water partition coefficient (Wildman–Crippen LogP) is 2.93. The number of fused-ring (bicyclic) bond motifs is 1. The number of carbonyl (C=O) groups is 1. The monoisotopic (exact) mass is 398 g/mol.